The zero-order chi connectivity index (χ0) is 22.5. The molecule has 0 aromatic heterocycles. The van der Waals surface area contributed by atoms with Crippen molar-refractivity contribution >= 4 is 44.8 Å². The summed E-state index contributed by atoms with van der Waals surface area (Å²) in [7, 11) is -3.70. The van der Waals surface area contributed by atoms with Gasteiger partial charge < -0.3 is 10.1 Å². The Kier molecular flexibility index (Phi) is 8.02. The summed E-state index contributed by atoms with van der Waals surface area (Å²) >= 11 is 11.9. The molecule has 164 valence electrons. The molecule has 0 radical (unpaired) electrons. The molecule has 0 fully saturated rings. The van der Waals surface area contributed by atoms with Crippen LogP contribution in [0.2, 0.25) is 10.0 Å². The molecule has 0 atom stereocenters. The Balaban J connectivity index is 1.97. The number of hydrogen-bond donors (Lipinski definition) is 1. The number of hydrogen-bond acceptors (Lipinski definition) is 4. The first-order chi connectivity index (χ1) is 13.9. The Morgan fingerprint density at radius 2 is 1.77 bits per heavy atom. The molecule has 0 saturated heterocycles. The minimum absolute atomic E-state index is 0.0737. The van der Waals surface area contributed by atoms with Crippen molar-refractivity contribution in [1.82, 2.24) is 5.32 Å². The van der Waals surface area contributed by atoms with Gasteiger partial charge in [-0.05, 0) is 35.2 Å². The molecule has 0 aliphatic heterocycles. The smallest absolute Gasteiger partial charge is 0.240 e. The van der Waals surface area contributed by atoms with Crippen LogP contribution in [0.4, 0.5) is 5.69 Å². The molecule has 0 spiro atoms. The molecule has 30 heavy (non-hydrogen) atoms. The van der Waals surface area contributed by atoms with Crippen LogP contribution in [-0.4, -0.2) is 40.3 Å². The first-order valence-corrected chi connectivity index (χ1v) is 11.9. The summed E-state index contributed by atoms with van der Waals surface area (Å²) in [6.45, 7) is 6.40. The normalized spacial score (nSPS) is 11.8. The van der Waals surface area contributed by atoms with E-state index in [2.05, 4.69) is 26.1 Å². The summed E-state index contributed by atoms with van der Waals surface area (Å²) < 4.78 is 31.1. The lowest BCUT2D eigenvalue weighted by atomic mass is 9.86. The molecule has 6 nitrogen and oxygen atoms in total. The standard InChI is InChI=1S/C21H26Cl2N2O4S/c1-21(2,3)16-7-5-6-8-19(16)29-12-11-24-20(26)14-25(30(4,27)28)15-9-10-17(22)18(23)13-15/h5-10,13H,11-12,14H2,1-4H3,(H,24,26). The highest BCUT2D eigenvalue weighted by molar-refractivity contribution is 7.92. The van der Waals surface area contributed by atoms with Gasteiger partial charge in [0.05, 0.1) is 28.5 Å². The van der Waals surface area contributed by atoms with Crippen molar-refractivity contribution in [1.29, 1.82) is 0 Å². The maximum absolute atomic E-state index is 12.3. The number of rotatable bonds is 8. The number of nitrogens with zero attached hydrogens (tertiary/aromatic N) is 1. The minimum atomic E-state index is -3.70. The molecule has 0 unspecified atom stereocenters. The van der Waals surface area contributed by atoms with Gasteiger partial charge in [0.2, 0.25) is 15.9 Å². The second-order valence-electron chi connectivity index (χ2n) is 7.81. The Morgan fingerprint density at radius 1 is 1.10 bits per heavy atom. The molecular formula is C21H26Cl2N2O4S. The van der Waals surface area contributed by atoms with Crippen molar-refractivity contribution in [3.05, 3.63) is 58.1 Å². The van der Waals surface area contributed by atoms with Gasteiger partial charge >= 0.3 is 0 Å². The summed E-state index contributed by atoms with van der Waals surface area (Å²) in [5, 5.41) is 3.18. The quantitative estimate of drug-likeness (QED) is 0.582. The van der Waals surface area contributed by atoms with E-state index in [9.17, 15) is 13.2 Å². The van der Waals surface area contributed by atoms with Gasteiger partial charge in [-0.3, -0.25) is 9.10 Å². The molecule has 0 heterocycles. The molecule has 1 N–H and O–H groups in total. The molecule has 0 aliphatic carbocycles. The third kappa shape index (κ3) is 6.79. The van der Waals surface area contributed by atoms with Crippen LogP contribution in [0.15, 0.2) is 42.5 Å². The van der Waals surface area contributed by atoms with E-state index >= 15 is 0 Å². The number of anilines is 1. The van der Waals surface area contributed by atoms with Gasteiger partial charge in [-0.25, -0.2) is 8.42 Å². The molecule has 2 aromatic rings. The third-order valence-corrected chi connectivity index (χ3v) is 6.14. The van der Waals surface area contributed by atoms with E-state index in [1.165, 1.54) is 18.2 Å². The molecule has 0 bridgehead atoms. The first kappa shape index (κ1) is 24.3. The Hall–Kier alpha value is -1.96. The van der Waals surface area contributed by atoms with E-state index < -0.39 is 15.9 Å². The van der Waals surface area contributed by atoms with Gasteiger partial charge in [0.15, 0.2) is 0 Å². The van der Waals surface area contributed by atoms with Crippen molar-refractivity contribution in [2.45, 2.75) is 26.2 Å². The van der Waals surface area contributed by atoms with E-state index in [4.69, 9.17) is 27.9 Å². The van der Waals surface area contributed by atoms with Crippen LogP contribution in [0.3, 0.4) is 0 Å². The summed E-state index contributed by atoms with van der Waals surface area (Å²) in [4.78, 5) is 12.3. The van der Waals surface area contributed by atoms with Gasteiger partial charge in [0.1, 0.15) is 18.9 Å². The van der Waals surface area contributed by atoms with Gasteiger partial charge in [0.25, 0.3) is 0 Å². The molecule has 0 saturated carbocycles. The number of para-hydroxylation sites is 1. The van der Waals surface area contributed by atoms with Crippen LogP contribution < -0.4 is 14.4 Å². The molecule has 9 heteroatoms. The minimum Gasteiger partial charge on any atom is -0.491 e. The molecule has 0 aliphatic rings. The summed E-state index contributed by atoms with van der Waals surface area (Å²) in [5.74, 6) is 0.298. The number of carbonyl (C=O) groups excluding carboxylic acids is 1. The zero-order valence-corrected chi connectivity index (χ0v) is 19.7. The van der Waals surface area contributed by atoms with Gasteiger partial charge in [-0.2, -0.15) is 0 Å². The van der Waals surface area contributed by atoms with Crippen molar-refractivity contribution in [3.8, 4) is 5.75 Å². The third-order valence-electron chi connectivity index (χ3n) is 4.26. The highest BCUT2D eigenvalue weighted by atomic mass is 35.5. The van der Waals surface area contributed by atoms with Crippen molar-refractivity contribution in [3.63, 3.8) is 0 Å². The molecule has 2 rings (SSSR count). The SMILES string of the molecule is CC(C)(C)c1ccccc1OCCNC(=O)CN(c1ccc(Cl)c(Cl)c1)S(C)(=O)=O. The van der Waals surface area contributed by atoms with Crippen LogP contribution >= 0.6 is 23.2 Å². The van der Waals surface area contributed by atoms with Crippen LogP contribution in [0, 0.1) is 0 Å². The van der Waals surface area contributed by atoms with E-state index in [0.29, 0.717) is 5.02 Å². The Bertz CT molecular complexity index is 1000. The van der Waals surface area contributed by atoms with Gasteiger partial charge in [0, 0.05) is 0 Å². The number of benzene rings is 2. The predicted molar refractivity (Wildman–Crippen MR) is 122 cm³/mol. The molecular weight excluding hydrogens is 447 g/mol. The van der Waals surface area contributed by atoms with Gasteiger partial charge in [-0.15, -0.1) is 0 Å². The summed E-state index contributed by atoms with van der Waals surface area (Å²) in [6.07, 6.45) is 1.02. The van der Waals surface area contributed by atoms with Crippen LogP contribution in [0.1, 0.15) is 26.3 Å². The average Bonchev–Trinajstić information content (AvgIpc) is 2.64. The number of ether oxygens (including phenoxy) is 1. The fraction of sp³-hybridized carbons (Fsp3) is 0.381. The predicted octanol–water partition coefficient (Wildman–Crippen LogP) is 4.25. The number of carbonyl (C=O) groups is 1. The average molecular weight is 473 g/mol. The fourth-order valence-corrected chi connectivity index (χ4v) is 3.93. The number of amides is 1. The largest absolute Gasteiger partial charge is 0.491 e. The van der Waals surface area contributed by atoms with E-state index in [0.717, 1.165) is 21.9 Å². The summed E-state index contributed by atoms with van der Waals surface area (Å²) in [5.41, 5.74) is 1.26. The number of nitrogens with one attached hydrogen (secondary N) is 1. The summed E-state index contributed by atoms with van der Waals surface area (Å²) in [6, 6.07) is 12.1. The number of halogens is 2. The maximum Gasteiger partial charge on any atom is 0.240 e. The fourth-order valence-electron chi connectivity index (χ4n) is 2.79. The van der Waals surface area contributed by atoms with E-state index in [-0.39, 0.29) is 35.8 Å². The second-order valence-corrected chi connectivity index (χ2v) is 10.5. The molecule has 1 amide bonds. The van der Waals surface area contributed by atoms with Crippen molar-refractivity contribution in [2.75, 3.05) is 30.3 Å². The Morgan fingerprint density at radius 3 is 2.37 bits per heavy atom. The van der Waals surface area contributed by atoms with E-state index in [1.54, 1.807) is 0 Å². The number of sulfonamides is 1. The molecule has 2 aromatic carbocycles. The Labute approximate surface area is 188 Å². The maximum atomic E-state index is 12.3. The van der Waals surface area contributed by atoms with E-state index in [1.807, 2.05) is 24.3 Å². The second kappa shape index (κ2) is 9.90. The lowest BCUT2D eigenvalue weighted by Crippen LogP contribution is -2.41. The zero-order valence-electron chi connectivity index (χ0n) is 17.4. The van der Waals surface area contributed by atoms with Crippen molar-refractivity contribution in [2.24, 2.45) is 0 Å². The van der Waals surface area contributed by atoms with Gasteiger partial charge in [-0.1, -0.05) is 62.2 Å². The van der Waals surface area contributed by atoms with Crippen LogP contribution in [0.5, 0.6) is 5.75 Å². The highest BCUT2D eigenvalue weighted by Gasteiger charge is 2.22. The van der Waals surface area contributed by atoms with Crippen LogP contribution in [0.25, 0.3) is 0 Å². The van der Waals surface area contributed by atoms with Crippen LogP contribution in [-0.2, 0) is 20.2 Å². The van der Waals surface area contributed by atoms with Crippen molar-refractivity contribution < 1.29 is 17.9 Å². The topological polar surface area (TPSA) is 75.7 Å². The lowest BCUT2D eigenvalue weighted by Gasteiger charge is -2.23. The first-order valence-electron chi connectivity index (χ1n) is 9.31. The highest BCUT2D eigenvalue weighted by Crippen LogP contribution is 2.31. The monoisotopic (exact) mass is 472 g/mol. The lowest BCUT2D eigenvalue weighted by molar-refractivity contribution is -0.119.